The molecule has 0 aliphatic carbocycles. The molecule has 4 nitrogen and oxygen atoms in total. The third-order valence-electron chi connectivity index (χ3n) is 2.80. The summed E-state index contributed by atoms with van der Waals surface area (Å²) in [4.78, 5) is 13.1. The fraction of sp³-hybridized carbons (Fsp3) is 0.308. The summed E-state index contributed by atoms with van der Waals surface area (Å²) < 4.78 is 0. The van der Waals surface area contributed by atoms with Gasteiger partial charge in [-0.1, -0.05) is 23.2 Å². The van der Waals surface area contributed by atoms with Crippen molar-refractivity contribution in [2.24, 2.45) is 0 Å². The maximum absolute atomic E-state index is 11.0. The van der Waals surface area contributed by atoms with Crippen LogP contribution < -0.4 is 5.56 Å². The van der Waals surface area contributed by atoms with E-state index in [2.05, 4.69) is 15.1 Å². The summed E-state index contributed by atoms with van der Waals surface area (Å²) in [5.41, 5.74) is 1.87. The van der Waals surface area contributed by atoms with E-state index in [9.17, 15) is 4.79 Å². The first-order chi connectivity index (χ1) is 9.02. The standard InChI is InChI=1S/C13H15Cl2N3O/c1-18(8-12-7-13(19)17-16-12)3-2-9-4-10(14)6-11(15)5-9/h4-7H,2-3,8H2,1H3,(H2,16,17,19). The molecule has 0 saturated heterocycles. The molecule has 6 heteroatoms. The smallest absolute Gasteiger partial charge is 0.264 e. The average molecular weight is 300 g/mol. The minimum absolute atomic E-state index is 0.106. The van der Waals surface area contributed by atoms with Crippen molar-refractivity contribution in [2.75, 3.05) is 13.6 Å². The van der Waals surface area contributed by atoms with Gasteiger partial charge in [-0.05, 0) is 37.2 Å². The predicted octanol–water partition coefficient (Wildman–Crippen LogP) is 2.68. The first-order valence-corrected chi connectivity index (χ1v) is 6.68. The molecule has 1 aromatic carbocycles. The van der Waals surface area contributed by atoms with Crippen LogP contribution in [0.25, 0.3) is 0 Å². The van der Waals surface area contributed by atoms with Crippen molar-refractivity contribution in [3.8, 4) is 0 Å². The van der Waals surface area contributed by atoms with Gasteiger partial charge in [0.15, 0.2) is 0 Å². The van der Waals surface area contributed by atoms with Crippen LogP contribution in [0.3, 0.4) is 0 Å². The average Bonchev–Trinajstić information content (AvgIpc) is 2.71. The van der Waals surface area contributed by atoms with Crippen molar-refractivity contribution >= 4 is 23.2 Å². The van der Waals surface area contributed by atoms with Gasteiger partial charge in [-0.3, -0.25) is 9.89 Å². The van der Waals surface area contributed by atoms with Crippen LogP contribution in [-0.4, -0.2) is 28.7 Å². The summed E-state index contributed by atoms with van der Waals surface area (Å²) in [6.45, 7) is 1.54. The molecule has 2 N–H and O–H groups in total. The topological polar surface area (TPSA) is 51.9 Å². The van der Waals surface area contributed by atoms with Gasteiger partial charge in [-0.2, -0.15) is 0 Å². The third-order valence-corrected chi connectivity index (χ3v) is 3.23. The van der Waals surface area contributed by atoms with Crippen LogP contribution in [0.15, 0.2) is 29.1 Å². The Labute approximate surface area is 121 Å². The first-order valence-electron chi connectivity index (χ1n) is 5.93. The number of halogens is 2. The van der Waals surface area contributed by atoms with E-state index in [0.29, 0.717) is 16.6 Å². The summed E-state index contributed by atoms with van der Waals surface area (Å²) in [5.74, 6) is 0. The lowest BCUT2D eigenvalue weighted by molar-refractivity contribution is 0.327. The monoisotopic (exact) mass is 299 g/mol. The molecule has 0 aliphatic heterocycles. The molecule has 0 fully saturated rings. The molecule has 2 aromatic rings. The fourth-order valence-electron chi connectivity index (χ4n) is 1.90. The van der Waals surface area contributed by atoms with Gasteiger partial charge < -0.3 is 10.00 Å². The van der Waals surface area contributed by atoms with E-state index in [0.717, 1.165) is 24.2 Å². The lowest BCUT2D eigenvalue weighted by Crippen LogP contribution is -2.21. The molecule has 0 amide bonds. The molecule has 0 bridgehead atoms. The highest BCUT2D eigenvalue weighted by Gasteiger charge is 2.04. The van der Waals surface area contributed by atoms with Crippen LogP contribution in [0.2, 0.25) is 10.0 Å². The quantitative estimate of drug-likeness (QED) is 0.892. The fourth-order valence-corrected chi connectivity index (χ4v) is 2.47. The van der Waals surface area contributed by atoms with E-state index >= 15 is 0 Å². The molecule has 0 unspecified atom stereocenters. The first kappa shape index (κ1) is 14.2. The maximum atomic E-state index is 11.0. The van der Waals surface area contributed by atoms with Crippen molar-refractivity contribution in [3.63, 3.8) is 0 Å². The lowest BCUT2D eigenvalue weighted by atomic mass is 10.1. The molecular weight excluding hydrogens is 285 g/mol. The van der Waals surface area contributed by atoms with Crippen molar-refractivity contribution in [1.82, 2.24) is 15.1 Å². The van der Waals surface area contributed by atoms with Crippen LogP contribution >= 0.6 is 23.2 Å². The molecule has 0 radical (unpaired) electrons. The van der Waals surface area contributed by atoms with Gasteiger partial charge in [-0.25, -0.2) is 0 Å². The molecular formula is C13H15Cl2N3O. The van der Waals surface area contributed by atoms with Crippen molar-refractivity contribution < 1.29 is 0 Å². The zero-order valence-corrected chi connectivity index (χ0v) is 12.1. The number of aromatic amines is 2. The van der Waals surface area contributed by atoms with E-state index < -0.39 is 0 Å². The lowest BCUT2D eigenvalue weighted by Gasteiger charge is -2.15. The molecule has 0 atom stereocenters. The van der Waals surface area contributed by atoms with E-state index in [-0.39, 0.29) is 5.56 Å². The molecule has 0 saturated carbocycles. The number of rotatable bonds is 5. The van der Waals surface area contributed by atoms with Crippen molar-refractivity contribution in [1.29, 1.82) is 0 Å². The van der Waals surface area contributed by atoms with Gasteiger partial charge in [-0.15, -0.1) is 0 Å². The Morgan fingerprint density at radius 1 is 1.11 bits per heavy atom. The summed E-state index contributed by atoms with van der Waals surface area (Å²) >= 11 is 11.9. The van der Waals surface area contributed by atoms with Gasteiger partial charge >= 0.3 is 0 Å². The van der Waals surface area contributed by atoms with Crippen LogP contribution in [0.1, 0.15) is 11.3 Å². The number of H-pyrrole nitrogens is 2. The Hall–Kier alpha value is -1.23. The highest BCUT2D eigenvalue weighted by molar-refractivity contribution is 6.34. The summed E-state index contributed by atoms with van der Waals surface area (Å²) in [6, 6.07) is 7.12. The second-order valence-corrected chi connectivity index (χ2v) is 5.42. The highest BCUT2D eigenvalue weighted by Crippen LogP contribution is 2.19. The Morgan fingerprint density at radius 3 is 2.37 bits per heavy atom. The van der Waals surface area contributed by atoms with Gasteiger partial charge in [0.05, 0.1) is 5.69 Å². The SMILES string of the molecule is CN(CCc1cc(Cl)cc(Cl)c1)Cc1cc(=O)[nH][nH]1. The summed E-state index contributed by atoms with van der Waals surface area (Å²) in [7, 11) is 2.00. The normalized spacial score (nSPS) is 11.2. The number of hydrogen-bond donors (Lipinski definition) is 2. The minimum atomic E-state index is -0.106. The molecule has 19 heavy (non-hydrogen) atoms. The number of aromatic nitrogens is 2. The third kappa shape index (κ3) is 4.42. The Bertz CT molecular complexity index is 586. The van der Waals surface area contributed by atoms with E-state index in [4.69, 9.17) is 23.2 Å². The minimum Gasteiger partial charge on any atom is -0.301 e. The molecule has 1 aromatic heterocycles. The van der Waals surface area contributed by atoms with Crippen LogP contribution in [-0.2, 0) is 13.0 Å². The second-order valence-electron chi connectivity index (χ2n) is 4.55. The van der Waals surface area contributed by atoms with Crippen molar-refractivity contribution in [2.45, 2.75) is 13.0 Å². The van der Waals surface area contributed by atoms with Gasteiger partial charge in [0, 0.05) is 29.2 Å². The molecule has 2 rings (SSSR count). The predicted molar refractivity (Wildman–Crippen MR) is 77.9 cm³/mol. The van der Waals surface area contributed by atoms with E-state index in [1.807, 2.05) is 19.2 Å². The summed E-state index contributed by atoms with van der Waals surface area (Å²) in [6.07, 6.45) is 0.853. The molecule has 0 spiro atoms. The molecule has 1 heterocycles. The van der Waals surface area contributed by atoms with Crippen LogP contribution in [0.4, 0.5) is 0 Å². The van der Waals surface area contributed by atoms with Gasteiger partial charge in [0.1, 0.15) is 0 Å². The van der Waals surface area contributed by atoms with Crippen LogP contribution in [0.5, 0.6) is 0 Å². The van der Waals surface area contributed by atoms with Crippen LogP contribution in [0, 0.1) is 0 Å². The second kappa shape index (κ2) is 6.28. The maximum Gasteiger partial charge on any atom is 0.264 e. The Kier molecular flexibility index (Phi) is 4.69. The van der Waals surface area contributed by atoms with E-state index in [1.165, 1.54) is 0 Å². The van der Waals surface area contributed by atoms with Gasteiger partial charge in [0.25, 0.3) is 5.56 Å². The van der Waals surface area contributed by atoms with E-state index in [1.54, 1.807) is 12.1 Å². The molecule has 0 aliphatic rings. The summed E-state index contributed by atoms with van der Waals surface area (Å²) in [5, 5.41) is 6.66. The number of nitrogens with zero attached hydrogens (tertiary/aromatic N) is 1. The number of hydrogen-bond acceptors (Lipinski definition) is 2. The van der Waals surface area contributed by atoms with Gasteiger partial charge in [0.2, 0.25) is 0 Å². The molecule has 102 valence electrons. The zero-order chi connectivity index (χ0) is 13.8. The number of benzene rings is 1. The zero-order valence-electron chi connectivity index (χ0n) is 10.5. The largest absolute Gasteiger partial charge is 0.301 e. The number of likely N-dealkylation sites (N-methyl/N-ethyl adjacent to an activating group) is 1. The Balaban J connectivity index is 1.89. The number of nitrogens with one attached hydrogen (secondary N) is 2. The highest BCUT2D eigenvalue weighted by atomic mass is 35.5. The van der Waals surface area contributed by atoms with Crippen molar-refractivity contribution in [3.05, 3.63) is 55.9 Å². The Morgan fingerprint density at radius 2 is 1.79 bits per heavy atom.